The predicted octanol–water partition coefficient (Wildman–Crippen LogP) is 13.1. The molecule has 54 heavy (non-hydrogen) atoms. The first kappa shape index (κ1) is 40.1. The maximum Gasteiger partial charge on any atom is 0.527 e. The summed E-state index contributed by atoms with van der Waals surface area (Å²) in [7, 11) is 0. The van der Waals surface area contributed by atoms with Crippen molar-refractivity contribution in [1.82, 2.24) is 0 Å². The van der Waals surface area contributed by atoms with Crippen molar-refractivity contribution < 1.29 is 70.9 Å². The first-order valence-corrected chi connectivity index (χ1v) is 15.8. The Balaban J connectivity index is 1.39. The average Bonchev–Trinajstić information content (AvgIpc) is 3.02. The molecular formula is C38H24F14O2. The van der Waals surface area contributed by atoms with Gasteiger partial charge in [-0.25, -0.2) is 35.5 Å². The predicted molar refractivity (Wildman–Crippen MR) is 168 cm³/mol. The summed E-state index contributed by atoms with van der Waals surface area (Å²) < 4.78 is 206. The van der Waals surface area contributed by atoms with Crippen molar-refractivity contribution in [1.29, 1.82) is 0 Å². The van der Waals surface area contributed by atoms with Crippen LogP contribution in [0.2, 0.25) is 0 Å². The van der Waals surface area contributed by atoms with Crippen LogP contribution in [-0.4, -0.2) is 6.36 Å². The summed E-state index contributed by atoms with van der Waals surface area (Å²) >= 11 is 0. The molecule has 0 aromatic heterocycles. The van der Waals surface area contributed by atoms with Gasteiger partial charge < -0.3 is 4.74 Å². The lowest BCUT2D eigenvalue weighted by atomic mass is 9.96. The molecule has 0 aliphatic heterocycles. The molecule has 0 N–H and O–H groups in total. The molecule has 0 saturated heterocycles. The minimum absolute atomic E-state index is 0.0116. The van der Waals surface area contributed by atoms with E-state index in [1.54, 1.807) is 24.3 Å². The molecule has 5 rings (SSSR count). The van der Waals surface area contributed by atoms with E-state index < -0.39 is 98.4 Å². The highest BCUT2D eigenvalue weighted by atomic mass is 19.4. The highest BCUT2D eigenvalue weighted by molar-refractivity contribution is 5.72. The van der Waals surface area contributed by atoms with E-state index in [1.165, 1.54) is 0 Å². The molecule has 0 fully saturated rings. The van der Waals surface area contributed by atoms with Crippen molar-refractivity contribution in [3.8, 4) is 39.1 Å². The van der Waals surface area contributed by atoms with Gasteiger partial charge in [-0.3, -0.25) is 0 Å². The number of rotatable bonds is 12. The van der Waals surface area contributed by atoms with E-state index in [-0.39, 0.29) is 42.0 Å². The van der Waals surface area contributed by atoms with Crippen LogP contribution in [0.15, 0.2) is 78.9 Å². The molecule has 0 aliphatic carbocycles. The number of benzene rings is 5. The van der Waals surface area contributed by atoms with E-state index >= 15 is 26.3 Å². The van der Waals surface area contributed by atoms with Gasteiger partial charge in [0, 0.05) is 12.1 Å². The monoisotopic (exact) mass is 778 g/mol. The van der Waals surface area contributed by atoms with Crippen LogP contribution in [0.1, 0.15) is 42.9 Å². The van der Waals surface area contributed by atoms with Gasteiger partial charge in [0.2, 0.25) is 0 Å². The van der Waals surface area contributed by atoms with Crippen molar-refractivity contribution in [2.75, 3.05) is 0 Å². The molecular weight excluding hydrogens is 754 g/mol. The Morgan fingerprint density at radius 3 is 1.48 bits per heavy atom. The summed E-state index contributed by atoms with van der Waals surface area (Å²) in [4.78, 5) is 0. The fourth-order valence-electron chi connectivity index (χ4n) is 5.64. The Morgan fingerprint density at radius 1 is 0.481 bits per heavy atom. The quantitative estimate of drug-likeness (QED) is 0.0928. The number of alkyl halides is 7. The van der Waals surface area contributed by atoms with Gasteiger partial charge in [-0.2, -0.15) is 17.6 Å². The minimum Gasteiger partial charge on any atom is -0.429 e. The van der Waals surface area contributed by atoms with Gasteiger partial charge in [0.05, 0.1) is 16.7 Å². The van der Waals surface area contributed by atoms with Gasteiger partial charge in [-0.15, -0.1) is 13.2 Å². The summed E-state index contributed by atoms with van der Waals surface area (Å²) in [6.45, 7) is 2.05. The SMILES string of the molecule is CCCCCc1ccc(-c2cc(F)c(-c3cc(F)c(C(F)(F)Oc4cc(F)c(-c5ccc(C(F)(F)OC(F)(F)F)c(F)c5)c(F)c4)c(F)c3)c(F)c2)cc1. The Kier molecular flexibility index (Phi) is 11.4. The number of ether oxygens (including phenoxy) is 2. The van der Waals surface area contributed by atoms with Gasteiger partial charge >= 0.3 is 18.6 Å². The van der Waals surface area contributed by atoms with Crippen LogP contribution < -0.4 is 4.74 Å². The van der Waals surface area contributed by atoms with E-state index in [9.17, 15) is 35.1 Å². The first-order chi connectivity index (χ1) is 25.2. The largest absolute Gasteiger partial charge is 0.527 e. The fraction of sp³-hybridized carbons (Fsp3) is 0.211. The highest BCUT2D eigenvalue weighted by Crippen LogP contribution is 2.42. The first-order valence-electron chi connectivity index (χ1n) is 15.8. The summed E-state index contributed by atoms with van der Waals surface area (Å²) in [5.74, 6) is -13.8. The number of halogens is 14. The standard InChI is InChI=1S/C38H24F14O2/c1-2-3-4-5-19-6-8-20(9-7-19)22-13-27(40)34(28(41)14-22)23-15-31(44)35(32(45)16-23)37(48,49)53-24-17-29(42)33(30(43)18-24)21-10-11-25(26(39)12-21)36(46,47)54-38(50,51)52/h6-18H,2-5H2,1H3. The molecule has 0 unspecified atom stereocenters. The van der Waals surface area contributed by atoms with Crippen molar-refractivity contribution in [3.05, 3.63) is 136 Å². The Hall–Kier alpha value is -5.12. The van der Waals surface area contributed by atoms with Crippen LogP contribution in [0, 0.1) is 40.7 Å². The lowest BCUT2D eigenvalue weighted by Crippen LogP contribution is -2.28. The third kappa shape index (κ3) is 8.80. The van der Waals surface area contributed by atoms with Gasteiger partial charge in [0.1, 0.15) is 52.0 Å². The fourth-order valence-corrected chi connectivity index (χ4v) is 5.64. The zero-order chi connectivity index (χ0) is 39.7. The van der Waals surface area contributed by atoms with E-state index in [1.807, 2.05) is 0 Å². The summed E-state index contributed by atoms with van der Waals surface area (Å²) in [5.41, 5.74) is -6.47. The molecule has 16 heteroatoms. The molecule has 0 heterocycles. The summed E-state index contributed by atoms with van der Waals surface area (Å²) in [5, 5.41) is 0. The second-order valence-corrected chi connectivity index (χ2v) is 11.9. The van der Waals surface area contributed by atoms with Crippen LogP contribution in [-0.2, 0) is 23.4 Å². The van der Waals surface area contributed by atoms with Crippen LogP contribution >= 0.6 is 0 Å². The molecule has 0 aliphatic rings. The molecule has 0 amide bonds. The Labute approximate surface area is 297 Å². The van der Waals surface area contributed by atoms with Crippen molar-refractivity contribution in [2.45, 2.75) is 51.2 Å². The highest BCUT2D eigenvalue weighted by Gasteiger charge is 2.48. The molecule has 0 atom stereocenters. The molecule has 286 valence electrons. The number of aryl methyl sites for hydroxylation is 1. The second-order valence-electron chi connectivity index (χ2n) is 11.9. The molecule has 2 nitrogen and oxygen atoms in total. The lowest BCUT2D eigenvalue weighted by molar-refractivity contribution is -0.432. The molecule has 0 saturated carbocycles. The third-order valence-electron chi connectivity index (χ3n) is 8.10. The topological polar surface area (TPSA) is 18.5 Å². The van der Waals surface area contributed by atoms with Gasteiger partial charge in [0.25, 0.3) is 0 Å². The zero-order valence-corrected chi connectivity index (χ0v) is 27.4. The van der Waals surface area contributed by atoms with E-state index in [0.717, 1.165) is 43.4 Å². The van der Waals surface area contributed by atoms with Crippen molar-refractivity contribution in [3.63, 3.8) is 0 Å². The normalized spacial score (nSPS) is 12.4. The smallest absolute Gasteiger partial charge is 0.429 e. The number of unbranched alkanes of at least 4 members (excludes halogenated alkanes) is 2. The van der Waals surface area contributed by atoms with E-state index in [0.29, 0.717) is 11.6 Å². The summed E-state index contributed by atoms with van der Waals surface area (Å²) in [6, 6.07) is 9.52. The van der Waals surface area contributed by atoms with Crippen LogP contribution in [0.3, 0.4) is 0 Å². The van der Waals surface area contributed by atoms with E-state index in [4.69, 9.17) is 0 Å². The van der Waals surface area contributed by atoms with Gasteiger partial charge in [0.15, 0.2) is 0 Å². The van der Waals surface area contributed by atoms with Crippen LogP contribution in [0.25, 0.3) is 33.4 Å². The van der Waals surface area contributed by atoms with Gasteiger partial charge in [-0.05, 0) is 77.1 Å². The van der Waals surface area contributed by atoms with E-state index in [2.05, 4.69) is 16.4 Å². The van der Waals surface area contributed by atoms with Crippen LogP contribution in [0.5, 0.6) is 5.75 Å². The molecule has 0 bridgehead atoms. The van der Waals surface area contributed by atoms with Gasteiger partial charge in [-0.1, -0.05) is 50.1 Å². The van der Waals surface area contributed by atoms with Crippen molar-refractivity contribution in [2.24, 2.45) is 0 Å². The molecule has 0 radical (unpaired) electrons. The Bertz CT molecular complexity index is 2090. The third-order valence-corrected chi connectivity index (χ3v) is 8.10. The average molecular weight is 779 g/mol. The molecule has 5 aromatic carbocycles. The van der Waals surface area contributed by atoms with Crippen LogP contribution in [0.4, 0.5) is 61.5 Å². The number of hydrogen-bond donors (Lipinski definition) is 0. The molecule has 5 aromatic rings. The minimum atomic E-state index is -5.90. The second kappa shape index (κ2) is 15.3. The lowest BCUT2D eigenvalue weighted by Gasteiger charge is -2.21. The van der Waals surface area contributed by atoms with Crippen molar-refractivity contribution >= 4 is 0 Å². The Morgan fingerprint density at radius 2 is 0.963 bits per heavy atom. The maximum atomic E-state index is 15.2. The molecule has 0 spiro atoms. The maximum absolute atomic E-state index is 15.2. The summed E-state index contributed by atoms with van der Waals surface area (Å²) in [6.07, 6.45) is -12.4. The zero-order valence-electron chi connectivity index (χ0n) is 27.4. The number of hydrogen-bond acceptors (Lipinski definition) is 2.